The number of aromatic nitrogens is 1. The molecular weight excluding hydrogens is 885 g/mol. The van der Waals surface area contributed by atoms with Crippen molar-refractivity contribution in [2.24, 2.45) is 17.8 Å². The quantitative estimate of drug-likeness (QED) is 0.124. The first-order valence-corrected chi connectivity index (χ1v) is 23.6. The van der Waals surface area contributed by atoms with E-state index in [9.17, 15) is 39.0 Å². The van der Waals surface area contributed by atoms with Gasteiger partial charge in [0.05, 0.1) is 5.54 Å². The van der Waals surface area contributed by atoms with Gasteiger partial charge in [-0.1, -0.05) is 89.2 Å². The maximum absolute atomic E-state index is 15.0. The topological polar surface area (TPSA) is 241 Å². The number of carbonyl (C=O) groups is 7. The van der Waals surface area contributed by atoms with Gasteiger partial charge in [0.15, 0.2) is 0 Å². The Labute approximate surface area is 405 Å². The summed E-state index contributed by atoms with van der Waals surface area (Å²) in [6, 6.07) is 6.18. The van der Waals surface area contributed by atoms with Crippen molar-refractivity contribution < 1.29 is 48.5 Å². The lowest BCUT2D eigenvalue weighted by Gasteiger charge is -2.35. The number of aliphatic hydroxyl groups excluding tert-OH is 2. The van der Waals surface area contributed by atoms with Crippen LogP contribution in [-0.2, 0) is 43.8 Å². The predicted octanol–water partition coefficient (Wildman–Crippen LogP) is 2.84. The molecule has 0 bridgehead atoms. The molecule has 3 aromatic rings. The summed E-state index contributed by atoms with van der Waals surface area (Å²) in [6.07, 6.45) is 0.607. The van der Waals surface area contributed by atoms with Gasteiger partial charge in [-0.05, 0) is 69.9 Å². The molecule has 7 amide bonds. The highest BCUT2D eigenvalue weighted by Crippen LogP contribution is 2.34. The number of nitrogens with zero attached hydrogens (tertiary/aromatic N) is 3. The van der Waals surface area contributed by atoms with Gasteiger partial charge in [-0.15, -0.1) is 6.58 Å². The molecule has 0 radical (unpaired) electrons. The summed E-state index contributed by atoms with van der Waals surface area (Å²) >= 11 is 0. The number of methoxy groups -OCH3 is 1. The van der Waals surface area contributed by atoms with Gasteiger partial charge in [-0.25, -0.2) is 0 Å². The van der Waals surface area contributed by atoms with E-state index in [-0.39, 0.29) is 30.9 Å². The van der Waals surface area contributed by atoms with E-state index in [4.69, 9.17) is 4.74 Å². The smallest absolute Gasteiger partial charge is 0.248 e. The number of amides is 7. The Balaban J connectivity index is 1.93. The normalized spacial score (nSPS) is 24.8. The number of allylic oxidation sites excluding steroid dienone is 1. The van der Waals surface area contributed by atoms with E-state index in [1.807, 2.05) is 44.4 Å². The molecule has 1 saturated heterocycles. The number of para-hydroxylation sites is 1. The highest BCUT2D eigenvalue weighted by molar-refractivity contribution is 5.99. The van der Waals surface area contributed by atoms with Gasteiger partial charge in [0.2, 0.25) is 41.4 Å². The van der Waals surface area contributed by atoms with Crippen molar-refractivity contribution in [2.75, 3.05) is 27.8 Å². The molecular formula is C51H74N8O10. The highest BCUT2D eigenvalue weighted by atomic mass is 16.5. The number of nitrogens with one attached hydrogen (secondary N) is 5. The van der Waals surface area contributed by atoms with Crippen LogP contribution in [0.1, 0.15) is 98.5 Å². The van der Waals surface area contributed by atoms with Crippen LogP contribution >= 0.6 is 0 Å². The van der Waals surface area contributed by atoms with E-state index in [0.29, 0.717) is 16.5 Å². The fourth-order valence-electron chi connectivity index (χ4n) is 8.45. The minimum absolute atomic E-state index is 0.116. The maximum atomic E-state index is 15.0. The standard InChI is InChI=1S/C51H74N8O10/c1-14-51(9,10)59-26-35(34-22-18-19-23-36(34)59)42(61)40-50(68)58(12)38(25-30(6)27-60)47(65)53-32(8)45(63)56-41(43(69-13)33-20-16-15-17-21-33)48(66)54-39(29(4)5)49(67)57(11)37(24-28(2)3)46(64)52-31(7)44(62)55-40/h14-23,26,28-32,37-43,60-61H,1,24-25,27H2,2-13H3,(H,52,64)(H,53,65)(H,54,66)(H,55,62)(H,56,63)/t30-,31+,32+,37+,38+,39+,40+,41+,42?,43-/m1/s1. The summed E-state index contributed by atoms with van der Waals surface area (Å²) in [7, 11) is 4.11. The van der Waals surface area contributed by atoms with Crippen molar-refractivity contribution in [3.63, 3.8) is 0 Å². The summed E-state index contributed by atoms with van der Waals surface area (Å²) in [5, 5.41) is 36.7. The Morgan fingerprint density at radius 3 is 1.70 bits per heavy atom. The molecule has 18 nitrogen and oxygen atoms in total. The second kappa shape index (κ2) is 23.9. The zero-order valence-electron chi connectivity index (χ0n) is 42.1. The number of fused-ring (bicyclic) bond motifs is 1. The highest BCUT2D eigenvalue weighted by Gasteiger charge is 2.42. The average molecular weight is 959 g/mol. The summed E-state index contributed by atoms with van der Waals surface area (Å²) < 4.78 is 7.71. The van der Waals surface area contributed by atoms with Crippen LogP contribution < -0.4 is 26.6 Å². The maximum Gasteiger partial charge on any atom is 0.248 e. The first kappa shape index (κ1) is 55.5. The van der Waals surface area contributed by atoms with Gasteiger partial charge in [0.25, 0.3) is 0 Å². The number of carbonyl (C=O) groups excluding carboxylic acids is 7. The van der Waals surface area contributed by atoms with Crippen LogP contribution in [0.15, 0.2) is 73.4 Å². The number of hydrogen-bond donors (Lipinski definition) is 7. The third kappa shape index (κ3) is 13.2. The molecule has 0 aliphatic carbocycles. The first-order valence-electron chi connectivity index (χ1n) is 23.6. The van der Waals surface area contributed by atoms with Crippen molar-refractivity contribution >= 4 is 52.3 Å². The number of hydrogen-bond acceptors (Lipinski definition) is 10. The van der Waals surface area contributed by atoms with Gasteiger partial charge < -0.3 is 55.9 Å². The van der Waals surface area contributed by atoms with Crippen LogP contribution in [0.3, 0.4) is 0 Å². The third-order valence-electron chi connectivity index (χ3n) is 12.9. The molecule has 7 N–H and O–H groups in total. The first-order chi connectivity index (χ1) is 32.4. The number of likely N-dealkylation sites (N-methyl/N-ethyl adjacent to an activating group) is 2. The lowest BCUT2D eigenvalue weighted by atomic mass is 9.96. The molecule has 1 aliphatic heterocycles. The Morgan fingerprint density at radius 2 is 1.19 bits per heavy atom. The fourth-order valence-corrected chi connectivity index (χ4v) is 8.45. The molecule has 10 atom stereocenters. The van der Waals surface area contributed by atoms with E-state index in [0.717, 1.165) is 4.90 Å². The van der Waals surface area contributed by atoms with Crippen molar-refractivity contribution in [3.05, 3.63) is 84.6 Å². The second-order valence-corrected chi connectivity index (χ2v) is 19.6. The summed E-state index contributed by atoms with van der Waals surface area (Å²) in [4.78, 5) is 104. The number of aliphatic hydroxyl groups is 2. The Kier molecular flexibility index (Phi) is 19.3. The number of rotatable bonds is 13. The van der Waals surface area contributed by atoms with E-state index in [1.165, 1.54) is 40.0 Å². The predicted molar refractivity (Wildman–Crippen MR) is 262 cm³/mol. The summed E-state index contributed by atoms with van der Waals surface area (Å²) in [5.41, 5.74) is 0.807. The van der Waals surface area contributed by atoms with E-state index in [1.54, 1.807) is 75.5 Å². The molecule has 1 aliphatic rings. The van der Waals surface area contributed by atoms with Gasteiger partial charge >= 0.3 is 0 Å². The van der Waals surface area contributed by atoms with E-state index in [2.05, 4.69) is 33.2 Å². The second-order valence-electron chi connectivity index (χ2n) is 19.6. The Morgan fingerprint density at radius 1 is 0.696 bits per heavy atom. The van der Waals surface area contributed by atoms with E-state index < -0.39 is 113 Å². The summed E-state index contributed by atoms with van der Waals surface area (Å²) in [6.45, 7) is 19.0. The lowest BCUT2D eigenvalue weighted by molar-refractivity contribution is -0.146. The van der Waals surface area contributed by atoms with Crippen molar-refractivity contribution in [1.82, 2.24) is 41.0 Å². The van der Waals surface area contributed by atoms with Gasteiger partial charge in [0.1, 0.15) is 54.5 Å². The minimum atomic E-state index is -1.77. The molecule has 1 aromatic heterocycles. The number of benzene rings is 2. The molecule has 1 unspecified atom stereocenters. The van der Waals surface area contributed by atoms with Crippen molar-refractivity contribution in [3.8, 4) is 0 Å². The molecule has 4 rings (SSSR count). The Bertz CT molecular complexity index is 2310. The SMILES string of the molecule is C=CC(C)(C)n1cc(C(O)[C@@H]2NC(=O)[C@H](C)NC(=O)[C@H](CC(C)C)N(C)C(=O)[C@H](C(C)C)NC(=O)[C@H]([C@H](OC)c3ccccc3)NC(=O)[C@H](C)NC(=O)[C@H](C[C@@H](C)CO)N(C)C2=O)c2ccccc21. The van der Waals surface area contributed by atoms with Crippen LogP contribution in [-0.4, -0.2) is 136 Å². The van der Waals surface area contributed by atoms with Crippen molar-refractivity contribution in [1.29, 1.82) is 0 Å². The average Bonchev–Trinajstić information content (AvgIpc) is 3.72. The molecule has 0 saturated carbocycles. The lowest BCUT2D eigenvalue weighted by Crippen LogP contribution is -2.61. The molecule has 69 heavy (non-hydrogen) atoms. The Hall–Kier alpha value is -6.11. The number of ether oxygens (including phenoxy) is 1. The van der Waals surface area contributed by atoms with Crippen molar-refractivity contribution in [2.45, 2.75) is 135 Å². The van der Waals surface area contributed by atoms with Gasteiger partial charge in [0, 0.05) is 50.5 Å². The van der Waals surface area contributed by atoms with Crippen LogP contribution in [0.5, 0.6) is 0 Å². The largest absolute Gasteiger partial charge is 0.396 e. The minimum Gasteiger partial charge on any atom is -0.396 e. The summed E-state index contributed by atoms with van der Waals surface area (Å²) in [5.74, 6) is -6.75. The molecule has 18 heteroatoms. The zero-order chi connectivity index (χ0) is 51.7. The van der Waals surface area contributed by atoms with Crippen LogP contribution in [0.25, 0.3) is 10.9 Å². The van der Waals surface area contributed by atoms with Gasteiger partial charge in [-0.3, -0.25) is 33.6 Å². The molecule has 0 spiro atoms. The molecule has 2 heterocycles. The van der Waals surface area contributed by atoms with Crippen LogP contribution in [0, 0.1) is 17.8 Å². The zero-order valence-corrected chi connectivity index (χ0v) is 42.1. The third-order valence-corrected chi connectivity index (χ3v) is 12.9. The molecule has 2 aromatic carbocycles. The van der Waals surface area contributed by atoms with Gasteiger partial charge in [-0.2, -0.15) is 0 Å². The van der Waals surface area contributed by atoms with E-state index >= 15 is 4.79 Å². The van der Waals surface area contributed by atoms with Crippen LogP contribution in [0.4, 0.5) is 0 Å². The monoisotopic (exact) mass is 959 g/mol. The molecule has 378 valence electrons. The fraction of sp³-hybridized carbons (Fsp3) is 0.549. The molecule has 1 fully saturated rings. The van der Waals surface area contributed by atoms with Crippen LogP contribution in [0.2, 0.25) is 0 Å².